The Morgan fingerprint density at radius 1 is 1.19 bits per heavy atom. The van der Waals surface area contributed by atoms with Crippen molar-refractivity contribution in [2.24, 2.45) is 0 Å². The smallest absolute Gasteiger partial charge is 0.360 e. The van der Waals surface area contributed by atoms with E-state index in [1.54, 1.807) is 18.2 Å². The van der Waals surface area contributed by atoms with Crippen molar-refractivity contribution >= 4 is 26.8 Å². The first kappa shape index (κ1) is 19.1. The number of oxazole rings is 1. The third kappa shape index (κ3) is 4.01. The molecule has 0 spiro atoms. The quantitative estimate of drug-likeness (QED) is 0.577. The van der Waals surface area contributed by atoms with Crippen LogP contribution in [0.25, 0.3) is 10.8 Å². The Bertz CT molecular complexity index is 1060. The normalized spacial score (nSPS) is 11.8. The minimum atomic E-state index is -3.75. The number of nitrogens with zero attached hydrogens (tertiary/aromatic N) is 2. The zero-order chi connectivity index (χ0) is 19.4. The molecule has 142 valence electrons. The summed E-state index contributed by atoms with van der Waals surface area (Å²) in [6, 6.07) is 12.6. The van der Waals surface area contributed by atoms with Crippen molar-refractivity contribution in [1.29, 1.82) is 0 Å². The summed E-state index contributed by atoms with van der Waals surface area (Å²) in [6.45, 7) is 2.11. The molecule has 8 heteroatoms. The van der Waals surface area contributed by atoms with Crippen molar-refractivity contribution in [3.8, 4) is 0 Å². The Hall–Kier alpha value is -2.71. The van der Waals surface area contributed by atoms with Crippen LogP contribution in [0, 0.1) is 0 Å². The molecule has 0 aliphatic carbocycles. The van der Waals surface area contributed by atoms with E-state index in [2.05, 4.69) is 9.72 Å². The lowest BCUT2D eigenvalue weighted by atomic mass is 10.1. The summed E-state index contributed by atoms with van der Waals surface area (Å²) >= 11 is 0. The maximum absolute atomic E-state index is 13.1. The van der Waals surface area contributed by atoms with Crippen LogP contribution in [-0.2, 0) is 21.3 Å². The largest absolute Gasteiger partial charge is 0.464 e. The van der Waals surface area contributed by atoms with E-state index >= 15 is 0 Å². The average Bonchev–Trinajstić information content (AvgIpc) is 3.15. The predicted molar refractivity (Wildman–Crippen MR) is 99.7 cm³/mol. The minimum Gasteiger partial charge on any atom is -0.464 e. The van der Waals surface area contributed by atoms with Crippen LogP contribution in [0.4, 0.5) is 0 Å². The Morgan fingerprint density at radius 3 is 2.63 bits per heavy atom. The standard InChI is InChI=1S/C19H20N2O5S/c1-3-10-21(12-18-20-17(13-26-18)19(22)25-2)27(23,24)16-9-8-14-6-4-5-7-15(14)11-16/h4-9,11,13H,3,10,12H2,1-2H3. The molecular formula is C19H20N2O5S. The molecule has 0 radical (unpaired) electrons. The molecule has 0 unspecified atom stereocenters. The van der Waals surface area contributed by atoms with Gasteiger partial charge < -0.3 is 9.15 Å². The molecule has 1 aromatic heterocycles. The van der Waals surface area contributed by atoms with Crippen LogP contribution in [0.2, 0.25) is 0 Å². The minimum absolute atomic E-state index is 0.00653. The van der Waals surface area contributed by atoms with E-state index in [9.17, 15) is 13.2 Å². The number of methoxy groups -OCH3 is 1. The Kier molecular flexibility index (Phi) is 5.57. The van der Waals surface area contributed by atoms with Gasteiger partial charge in [-0.15, -0.1) is 0 Å². The first-order valence-corrected chi connectivity index (χ1v) is 9.91. The van der Waals surface area contributed by atoms with Crippen molar-refractivity contribution in [2.45, 2.75) is 24.8 Å². The van der Waals surface area contributed by atoms with E-state index in [4.69, 9.17) is 4.42 Å². The van der Waals surface area contributed by atoms with Crippen molar-refractivity contribution in [2.75, 3.05) is 13.7 Å². The van der Waals surface area contributed by atoms with Crippen LogP contribution in [0.5, 0.6) is 0 Å². The topological polar surface area (TPSA) is 89.7 Å². The lowest BCUT2D eigenvalue weighted by Crippen LogP contribution is -2.31. The fraction of sp³-hybridized carbons (Fsp3) is 0.263. The Balaban J connectivity index is 1.91. The van der Waals surface area contributed by atoms with Gasteiger partial charge in [0.2, 0.25) is 15.9 Å². The van der Waals surface area contributed by atoms with Gasteiger partial charge >= 0.3 is 5.97 Å². The molecule has 3 rings (SSSR count). The van der Waals surface area contributed by atoms with Gasteiger partial charge in [-0.1, -0.05) is 37.3 Å². The van der Waals surface area contributed by atoms with Crippen LogP contribution in [0.15, 0.2) is 58.0 Å². The highest BCUT2D eigenvalue weighted by Crippen LogP contribution is 2.23. The SMILES string of the molecule is CCCN(Cc1nc(C(=O)OC)co1)S(=O)(=O)c1ccc2ccccc2c1. The molecule has 0 atom stereocenters. The lowest BCUT2D eigenvalue weighted by molar-refractivity contribution is 0.0594. The third-order valence-corrected chi connectivity index (χ3v) is 5.93. The number of aromatic nitrogens is 1. The zero-order valence-corrected chi connectivity index (χ0v) is 15.9. The van der Waals surface area contributed by atoms with Gasteiger partial charge in [0.1, 0.15) is 6.26 Å². The zero-order valence-electron chi connectivity index (χ0n) is 15.1. The molecule has 0 saturated heterocycles. The van der Waals surface area contributed by atoms with Gasteiger partial charge in [-0.25, -0.2) is 18.2 Å². The summed E-state index contributed by atoms with van der Waals surface area (Å²) in [4.78, 5) is 15.7. The van der Waals surface area contributed by atoms with Crippen molar-refractivity contribution < 1.29 is 22.4 Å². The van der Waals surface area contributed by atoms with Crippen molar-refractivity contribution in [3.63, 3.8) is 0 Å². The van der Waals surface area contributed by atoms with E-state index in [0.717, 1.165) is 17.0 Å². The van der Waals surface area contributed by atoms with E-state index in [1.165, 1.54) is 11.4 Å². The fourth-order valence-electron chi connectivity index (χ4n) is 2.74. The summed E-state index contributed by atoms with van der Waals surface area (Å²) in [6.07, 6.45) is 1.78. The number of esters is 1. The van der Waals surface area contributed by atoms with Crippen LogP contribution in [0.1, 0.15) is 29.7 Å². The number of hydrogen-bond acceptors (Lipinski definition) is 6. The molecule has 0 saturated carbocycles. The maximum Gasteiger partial charge on any atom is 0.360 e. The number of carbonyl (C=O) groups is 1. The maximum atomic E-state index is 13.1. The Morgan fingerprint density at radius 2 is 1.93 bits per heavy atom. The molecule has 0 bridgehead atoms. The second-order valence-corrected chi connectivity index (χ2v) is 7.90. The summed E-state index contributed by atoms with van der Waals surface area (Å²) < 4.78 is 37.4. The monoisotopic (exact) mass is 388 g/mol. The fourth-order valence-corrected chi connectivity index (χ4v) is 4.26. The van der Waals surface area contributed by atoms with Crippen molar-refractivity contribution in [3.05, 3.63) is 60.3 Å². The molecule has 2 aromatic carbocycles. The van der Waals surface area contributed by atoms with Gasteiger partial charge in [0.15, 0.2) is 5.69 Å². The van der Waals surface area contributed by atoms with Gasteiger partial charge in [0.05, 0.1) is 18.6 Å². The summed E-state index contributed by atoms with van der Waals surface area (Å²) in [5.41, 5.74) is 0.00653. The van der Waals surface area contributed by atoms with E-state index in [-0.39, 0.29) is 23.0 Å². The van der Waals surface area contributed by atoms with Crippen LogP contribution >= 0.6 is 0 Å². The van der Waals surface area contributed by atoms with Crippen LogP contribution < -0.4 is 0 Å². The molecule has 0 aliphatic rings. The van der Waals surface area contributed by atoms with E-state index < -0.39 is 16.0 Å². The number of sulfonamides is 1. The highest BCUT2D eigenvalue weighted by molar-refractivity contribution is 7.89. The molecule has 0 aliphatic heterocycles. The van der Waals surface area contributed by atoms with Gasteiger partial charge in [0.25, 0.3) is 0 Å². The highest BCUT2D eigenvalue weighted by Gasteiger charge is 2.26. The average molecular weight is 388 g/mol. The van der Waals surface area contributed by atoms with Gasteiger partial charge in [-0.05, 0) is 29.3 Å². The molecule has 3 aromatic rings. The van der Waals surface area contributed by atoms with Crippen molar-refractivity contribution in [1.82, 2.24) is 9.29 Å². The first-order valence-electron chi connectivity index (χ1n) is 8.47. The number of fused-ring (bicyclic) bond motifs is 1. The molecule has 0 amide bonds. The number of hydrogen-bond donors (Lipinski definition) is 0. The van der Waals surface area contributed by atoms with E-state index in [0.29, 0.717) is 13.0 Å². The second-order valence-electron chi connectivity index (χ2n) is 5.97. The third-order valence-electron chi connectivity index (χ3n) is 4.09. The molecule has 7 nitrogen and oxygen atoms in total. The molecule has 0 fully saturated rings. The van der Waals surface area contributed by atoms with Crippen LogP contribution in [0.3, 0.4) is 0 Å². The number of benzene rings is 2. The molecule has 27 heavy (non-hydrogen) atoms. The number of rotatable bonds is 7. The lowest BCUT2D eigenvalue weighted by Gasteiger charge is -2.20. The van der Waals surface area contributed by atoms with E-state index in [1.807, 2.05) is 31.2 Å². The summed E-state index contributed by atoms with van der Waals surface area (Å²) in [5.74, 6) is -0.502. The van der Waals surface area contributed by atoms with Gasteiger partial charge in [-0.3, -0.25) is 0 Å². The first-order chi connectivity index (χ1) is 13.0. The summed E-state index contributed by atoms with van der Waals surface area (Å²) in [7, 11) is -2.51. The molecule has 0 N–H and O–H groups in total. The highest BCUT2D eigenvalue weighted by atomic mass is 32.2. The van der Waals surface area contributed by atoms with Crippen LogP contribution in [-0.4, -0.2) is 37.3 Å². The summed E-state index contributed by atoms with van der Waals surface area (Å²) in [5, 5.41) is 1.81. The Labute approximate surface area is 157 Å². The number of carbonyl (C=O) groups excluding carboxylic acids is 1. The van der Waals surface area contributed by atoms with Gasteiger partial charge in [-0.2, -0.15) is 4.31 Å². The molecular weight excluding hydrogens is 368 g/mol. The predicted octanol–water partition coefficient (Wildman–Crippen LogP) is 3.22. The second kappa shape index (κ2) is 7.89. The number of ether oxygens (including phenoxy) is 1. The van der Waals surface area contributed by atoms with Gasteiger partial charge in [0, 0.05) is 6.54 Å². The molecule has 1 heterocycles.